The molecule has 1 fully saturated rings. The Kier molecular flexibility index (Phi) is 7.20. The molecule has 2 N–H and O–H groups in total. The average molecular weight is 379 g/mol. The highest BCUT2D eigenvalue weighted by Gasteiger charge is 2.21. The first kappa shape index (κ1) is 20.4. The van der Waals surface area contributed by atoms with E-state index in [1.165, 1.54) is 5.56 Å². The number of hydrogen-bond acceptors (Lipinski definition) is 4. The molecule has 1 aliphatic rings. The van der Waals surface area contributed by atoms with Crippen LogP contribution in [0.3, 0.4) is 0 Å². The van der Waals surface area contributed by atoms with Crippen molar-refractivity contribution in [3.8, 4) is 0 Å². The number of rotatable bonds is 7. The van der Waals surface area contributed by atoms with E-state index >= 15 is 0 Å². The highest BCUT2D eigenvalue weighted by atomic mass is 35.5. The molecule has 3 rings (SSSR count). The van der Waals surface area contributed by atoms with Gasteiger partial charge in [0.1, 0.15) is 0 Å². The van der Waals surface area contributed by atoms with Crippen LogP contribution >= 0.6 is 12.4 Å². The van der Waals surface area contributed by atoms with Crippen molar-refractivity contribution in [1.82, 2.24) is 15.1 Å². The first-order valence-corrected chi connectivity index (χ1v) is 8.84. The third-order valence-corrected chi connectivity index (χ3v) is 4.77. The van der Waals surface area contributed by atoms with Crippen molar-refractivity contribution in [2.75, 3.05) is 18.1 Å². The molecule has 26 heavy (non-hydrogen) atoms. The molecule has 6 nitrogen and oxygen atoms in total. The summed E-state index contributed by atoms with van der Waals surface area (Å²) >= 11 is 0. The fraction of sp³-hybridized carbons (Fsp3) is 0.474. The number of aliphatic hydroxyl groups is 1. The van der Waals surface area contributed by atoms with Crippen LogP contribution in [0.1, 0.15) is 35.4 Å². The van der Waals surface area contributed by atoms with Gasteiger partial charge < -0.3 is 15.3 Å². The molecule has 2 aromatic rings. The minimum absolute atomic E-state index is 0. The lowest BCUT2D eigenvalue weighted by Crippen LogP contribution is -2.24. The van der Waals surface area contributed by atoms with Gasteiger partial charge in [0.2, 0.25) is 5.91 Å². The van der Waals surface area contributed by atoms with Gasteiger partial charge in [-0.2, -0.15) is 5.10 Å². The number of aromatic nitrogens is 2. The van der Waals surface area contributed by atoms with Gasteiger partial charge in [0, 0.05) is 43.0 Å². The fourth-order valence-corrected chi connectivity index (χ4v) is 3.39. The number of carbonyl (C=O) groups is 1. The molecule has 0 atom stereocenters. The van der Waals surface area contributed by atoms with Crippen molar-refractivity contribution in [3.05, 3.63) is 46.8 Å². The van der Waals surface area contributed by atoms with E-state index in [9.17, 15) is 4.79 Å². The van der Waals surface area contributed by atoms with Crippen molar-refractivity contribution in [3.63, 3.8) is 0 Å². The third kappa shape index (κ3) is 4.44. The first-order chi connectivity index (χ1) is 12.1. The van der Waals surface area contributed by atoms with E-state index in [-0.39, 0.29) is 24.9 Å². The molecule has 7 heteroatoms. The number of carbonyl (C=O) groups excluding carboxylic acids is 1. The summed E-state index contributed by atoms with van der Waals surface area (Å²) < 4.78 is 1.85. The molecular weight excluding hydrogens is 352 g/mol. The van der Waals surface area contributed by atoms with Crippen molar-refractivity contribution >= 4 is 24.0 Å². The summed E-state index contributed by atoms with van der Waals surface area (Å²) in [5.41, 5.74) is 5.42. The standard InChI is InChI=1S/C19H26N4O2.ClH/c1-14-18(15(2)23(21-14)9-10-24)13-20-12-16-5-3-6-17(11-16)22-8-4-7-19(22)25;/h3,5-6,11,20,24H,4,7-10,12-13H2,1-2H3;1H. The lowest BCUT2D eigenvalue weighted by atomic mass is 10.1. The van der Waals surface area contributed by atoms with Crippen LogP contribution in [0, 0.1) is 13.8 Å². The molecule has 0 aliphatic carbocycles. The molecule has 1 aliphatic heterocycles. The number of hydrogen-bond donors (Lipinski definition) is 2. The summed E-state index contributed by atoms with van der Waals surface area (Å²) in [5, 5.41) is 17.0. The second-order valence-electron chi connectivity index (χ2n) is 6.52. The number of nitrogens with one attached hydrogen (secondary N) is 1. The molecule has 0 radical (unpaired) electrons. The molecule has 1 saturated heterocycles. The molecular formula is C19H27ClN4O2. The number of benzene rings is 1. The van der Waals surface area contributed by atoms with E-state index in [4.69, 9.17) is 5.11 Å². The molecule has 2 heterocycles. The normalized spacial score (nSPS) is 14.0. The molecule has 142 valence electrons. The van der Waals surface area contributed by atoms with Gasteiger partial charge in [-0.1, -0.05) is 12.1 Å². The van der Waals surface area contributed by atoms with Gasteiger partial charge in [0.05, 0.1) is 18.8 Å². The Bertz CT molecular complexity index is 760. The van der Waals surface area contributed by atoms with E-state index in [1.54, 1.807) is 0 Å². The third-order valence-electron chi connectivity index (χ3n) is 4.77. The number of aryl methyl sites for hydroxylation is 1. The maximum atomic E-state index is 11.9. The molecule has 1 aromatic heterocycles. The van der Waals surface area contributed by atoms with Gasteiger partial charge in [0.15, 0.2) is 0 Å². The van der Waals surface area contributed by atoms with Crippen LogP contribution in [0.4, 0.5) is 5.69 Å². The lowest BCUT2D eigenvalue weighted by molar-refractivity contribution is -0.117. The molecule has 0 bridgehead atoms. The number of anilines is 1. The largest absolute Gasteiger partial charge is 0.394 e. The van der Waals surface area contributed by atoms with Gasteiger partial charge in [-0.25, -0.2) is 0 Å². The van der Waals surface area contributed by atoms with Crippen LogP contribution in [0.5, 0.6) is 0 Å². The number of aliphatic hydroxyl groups excluding tert-OH is 1. The van der Waals surface area contributed by atoms with Crippen LogP contribution < -0.4 is 10.2 Å². The Labute approximate surface area is 160 Å². The van der Waals surface area contributed by atoms with Gasteiger partial charge in [-0.05, 0) is 38.0 Å². The SMILES string of the molecule is Cc1nn(CCO)c(C)c1CNCc1cccc(N2CCCC2=O)c1.Cl. The zero-order valence-corrected chi connectivity index (χ0v) is 16.2. The van der Waals surface area contributed by atoms with Crippen molar-refractivity contribution in [2.45, 2.75) is 46.3 Å². The van der Waals surface area contributed by atoms with Crippen molar-refractivity contribution < 1.29 is 9.90 Å². The first-order valence-electron chi connectivity index (χ1n) is 8.84. The quantitative estimate of drug-likeness (QED) is 0.775. The van der Waals surface area contributed by atoms with Crippen molar-refractivity contribution in [2.24, 2.45) is 0 Å². The average Bonchev–Trinajstić information content (AvgIpc) is 3.14. The summed E-state index contributed by atoms with van der Waals surface area (Å²) in [6.45, 7) is 6.94. The predicted molar refractivity (Wildman–Crippen MR) is 105 cm³/mol. The Morgan fingerprint density at radius 3 is 2.77 bits per heavy atom. The van der Waals surface area contributed by atoms with Crippen LogP contribution in [0.25, 0.3) is 0 Å². The highest BCUT2D eigenvalue weighted by Crippen LogP contribution is 2.22. The summed E-state index contributed by atoms with van der Waals surface area (Å²) in [7, 11) is 0. The smallest absolute Gasteiger partial charge is 0.227 e. The van der Waals surface area contributed by atoms with E-state index in [2.05, 4.69) is 22.5 Å². The monoisotopic (exact) mass is 378 g/mol. The molecule has 0 saturated carbocycles. The van der Waals surface area contributed by atoms with Crippen molar-refractivity contribution in [1.29, 1.82) is 0 Å². The maximum Gasteiger partial charge on any atom is 0.227 e. The second-order valence-corrected chi connectivity index (χ2v) is 6.52. The zero-order chi connectivity index (χ0) is 17.8. The fourth-order valence-electron chi connectivity index (χ4n) is 3.39. The number of amides is 1. The number of nitrogens with zero attached hydrogens (tertiary/aromatic N) is 3. The molecule has 0 unspecified atom stereocenters. The van der Waals surface area contributed by atoms with E-state index in [1.807, 2.05) is 35.6 Å². The second kappa shape index (κ2) is 9.16. The summed E-state index contributed by atoms with van der Waals surface area (Å²) in [6.07, 6.45) is 1.59. The van der Waals surface area contributed by atoms with Gasteiger partial charge in [0.25, 0.3) is 0 Å². The topological polar surface area (TPSA) is 70.4 Å². The summed E-state index contributed by atoms with van der Waals surface area (Å²) in [5.74, 6) is 0.215. The van der Waals surface area contributed by atoms with E-state index < -0.39 is 0 Å². The minimum atomic E-state index is 0. The van der Waals surface area contributed by atoms with Gasteiger partial charge >= 0.3 is 0 Å². The van der Waals surface area contributed by atoms with Gasteiger partial charge in [-0.3, -0.25) is 9.48 Å². The maximum absolute atomic E-state index is 11.9. The molecule has 0 spiro atoms. The Morgan fingerprint density at radius 1 is 1.27 bits per heavy atom. The minimum Gasteiger partial charge on any atom is -0.394 e. The lowest BCUT2D eigenvalue weighted by Gasteiger charge is -2.16. The predicted octanol–water partition coefficient (Wildman–Crippen LogP) is 2.33. The Morgan fingerprint density at radius 2 is 2.08 bits per heavy atom. The van der Waals surface area contributed by atoms with E-state index in [0.29, 0.717) is 13.0 Å². The Hall–Kier alpha value is -1.89. The summed E-state index contributed by atoms with van der Waals surface area (Å²) in [4.78, 5) is 13.8. The molecule has 1 amide bonds. The van der Waals surface area contributed by atoms with Gasteiger partial charge in [-0.15, -0.1) is 12.4 Å². The van der Waals surface area contributed by atoms with Crippen LogP contribution in [0.2, 0.25) is 0 Å². The Balaban J connectivity index is 0.00000243. The zero-order valence-electron chi connectivity index (χ0n) is 15.4. The molecule has 1 aromatic carbocycles. The number of halogens is 1. The van der Waals surface area contributed by atoms with E-state index in [0.717, 1.165) is 48.7 Å². The van der Waals surface area contributed by atoms with Crippen LogP contribution in [-0.4, -0.2) is 33.9 Å². The van der Waals surface area contributed by atoms with Crippen LogP contribution in [0.15, 0.2) is 24.3 Å². The highest BCUT2D eigenvalue weighted by molar-refractivity contribution is 5.95. The summed E-state index contributed by atoms with van der Waals surface area (Å²) in [6, 6.07) is 8.17. The van der Waals surface area contributed by atoms with Crippen LogP contribution in [-0.2, 0) is 24.4 Å².